The standard InChI is InChI=1S/C13H22N2O2/c1-3-8-13(11(2)15(16)17)14-12-9-6-4-5-7-10-12/h3,8,12,14H,4-7,9-10H2,1-2H3/b8-3-,13-11-. The lowest BCUT2D eigenvalue weighted by Crippen LogP contribution is -2.28. The molecule has 1 N–H and O–H groups in total. The maximum absolute atomic E-state index is 10.8. The van der Waals surface area contributed by atoms with Gasteiger partial charge in [0.25, 0.3) is 5.70 Å². The molecule has 1 rings (SSSR count). The molecule has 1 aliphatic rings. The molecule has 0 aromatic carbocycles. The fourth-order valence-electron chi connectivity index (χ4n) is 2.18. The first-order chi connectivity index (χ1) is 8.15. The zero-order valence-corrected chi connectivity index (χ0v) is 10.7. The maximum atomic E-state index is 10.8. The second kappa shape index (κ2) is 7.09. The SMILES string of the molecule is C/C=C\C(NC1CCCCCC1)=C(/C)[N+](=O)[O-]. The Morgan fingerprint density at radius 3 is 2.35 bits per heavy atom. The Morgan fingerprint density at radius 2 is 1.88 bits per heavy atom. The molecule has 0 bridgehead atoms. The van der Waals surface area contributed by atoms with Crippen molar-refractivity contribution in [2.75, 3.05) is 0 Å². The summed E-state index contributed by atoms with van der Waals surface area (Å²) in [5.41, 5.74) is 0.858. The van der Waals surface area contributed by atoms with Crippen molar-refractivity contribution in [2.45, 2.75) is 58.4 Å². The van der Waals surface area contributed by atoms with Gasteiger partial charge in [0.15, 0.2) is 0 Å². The van der Waals surface area contributed by atoms with Crippen molar-refractivity contribution in [3.05, 3.63) is 33.7 Å². The highest BCUT2D eigenvalue weighted by Crippen LogP contribution is 2.19. The molecular weight excluding hydrogens is 216 g/mol. The largest absolute Gasteiger partial charge is 0.377 e. The van der Waals surface area contributed by atoms with Crippen molar-refractivity contribution in [3.8, 4) is 0 Å². The fraction of sp³-hybridized carbons (Fsp3) is 0.692. The zero-order valence-electron chi connectivity index (χ0n) is 10.7. The van der Waals surface area contributed by atoms with Gasteiger partial charge in [0, 0.05) is 13.0 Å². The molecule has 1 saturated carbocycles. The van der Waals surface area contributed by atoms with Gasteiger partial charge >= 0.3 is 0 Å². The number of hydrogen-bond donors (Lipinski definition) is 1. The molecule has 0 atom stereocenters. The summed E-state index contributed by atoms with van der Waals surface area (Å²) in [4.78, 5) is 10.5. The first kappa shape index (κ1) is 13.7. The molecule has 17 heavy (non-hydrogen) atoms. The predicted molar refractivity (Wildman–Crippen MR) is 69.1 cm³/mol. The molecule has 0 aromatic heterocycles. The van der Waals surface area contributed by atoms with Crippen LogP contribution < -0.4 is 5.32 Å². The number of hydrogen-bond acceptors (Lipinski definition) is 3. The number of nitrogens with zero attached hydrogens (tertiary/aromatic N) is 1. The van der Waals surface area contributed by atoms with E-state index in [1.54, 1.807) is 13.0 Å². The normalized spacial score (nSPS) is 19.9. The molecule has 0 aliphatic heterocycles. The minimum absolute atomic E-state index is 0.201. The van der Waals surface area contributed by atoms with Gasteiger partial charge in [0.2, 0.25) is 0 Å². The first-order valence-electron chi connectivity index (χ1n) is 6.39. The van der Waals surface area contributed by atoms with Crippen molar-refractivity contribution >= 4 is 0 Å². The predicted octanol–water partition coefficient (Wildman–Crippen LogP) is 3.38. The fourth-order valence-corrected chi connectivity index (χ4v) is 2.18. The minimum atomic E-state index is -0.320. The summed E-state index contributed by atoms with van der Waals surface area (Å²) < 4.78 is 0. The van der Waals surface area contributed by atoms with E-state index in [-0.39, 0.29) is 10.6 Å². The van der Waals surface area contributed by atoms with Crippen LogP contribution in [-0.2, 0) is 0 Å². The number of nitrogens with one attached hydrogen (secondary N) is 1. The highest BCUT2D eigenvalue weighted by atomic mass is 16.6. The van der Waals surface area contributed by atoms with Gasteiger partial charge in [-0.1, -0.05) is 31.8 Å². The van der Waals surface area contributed by atoms with E-state index in [1.807, 2.05) is 13.0 Å². The Kier molecular flexibility index (Phi) is 5.73. The van der Waals surface area contributed by atoms with E-state index >= 15 is 0 Å². The number of nitro groups is 1. The third kappa shape index (κ3) is 4.59. The highest BCUT2D eigenvalue weighted by Gasteiger charge is 2.16. The van der Waals surface area contributed by atoms with Gasteiger partial charge in [-0.3, -0.25) is 10.1 Å². The topological polar surface area (TPSA) is 55.2 Å². The Balaban J connectivity index is 2.72. The van der Waals surface area contributed by atoms with Crippen LogP contribution in [0.2, 0.25) is 0 Å². The van der Waals surface area contributed by atoms with E-state index in [1.165, 1.54) is 25.7 Å². The van der Waals surface area contributed by atoms with Gasteiger partial charge in [-0.25, -0.2) is 0 Å². The zero-order chi connectivity index (χ0) is 12.7. The van der Waals surface area contributed by atoms with Gasteiger partial charge in [-0.2, -0.15) is 0 Å². The molecular formula is C13H22N2O2. The van der Waals surface area contributed by atoms with Gasteiger partial charge < -0.3 is 5.32 Å². The van der Waals surface area contributed by atoms with E-state index in [9.17, 15) is 10.1 Å². The number of allylic oxidation sites excluding steroid dienone is 3. The van der Waals surface area contributed by atoms with Crippen LogP contribution >= 0.6 is 0 Å². The Bertz CT molecular complexity index is 313. The van der Waals surface area contributed by atoms with Crippen LogP contribution in [0.4, 0.5) is 0 Å². The van der Waals surface area contributed by atoms with Crippen LogP contribution in [0.1, 0.15) is 52.4 Å². The molecule has 96 valence electrons. The van der Waals surface area contributed by atoms with Crippen LogP contribution in [0.25, 0.3) is 0 Å². The van der Waals surface area contributed by atoms with Crippen LogP contribution in [0.5, 0.6) is 0 Å². The van der Waals surface area contributed by atoms with E-state index < -0.39 is 0 Å². The molecule has 0 saturated heterocycles. The van der Waals surface area contributed by atoms with Gasteiger partial charge in [-0.05, 0) is 25.8 Å². The summed E-state index contributed by atoms with van der Waals surface area (Å²) in [6.07, 6.45) is 10.9. The van der Waals surface area contributed by atoms with Crippen molar-refractivity contribution in [1.29, 1.82) is 0 Å². The summed E-state index contributed by atoms with van der Waals surface area (Å²) in [7, 11) is 0. The molecule has 0 heterocycles. The van der Waals surface area contributed by atoms with Gasteiger partial charge in [-0.15, -0.1) is 0 Å². The van der Waals surface area contributed by atoms with Crippen LogP contribution in [-0.4, -0.2) is 11.0 Å². The van der Waals surface area contributed by atoms with Crippen LogP contribution in [0.3, 0.4) is 0 Å². The van der Waals surface area contributed by atoms with Crippen LogP contribution in [0, 0.1) is 10.1 Å². The van der Waals surface area contributed by atoms with E-state index in [0.717, 1.165) is 12.8 Å². The van der Waals surface area contributed by atoms with Crippen molar-refractivity contribution < 1.29 is 4.92 Å². The number of rotatable bonds is 4. The summed E-state index contributed by atoms with van der Waals surface area (Å²) in [5, 5.41) is 14.1. The first-order valence-corrected chi connectivity index (χ1v) is 6.39. The monoisotopic (exact) mass is 238 g/mol. The molecule has 1 aliphatic carbocycles. The minimum Gasteiger partial charge on any atom is -0.377 e. The Labute approximate surface area is 103 Å². The molecule has 0 amide bonds. The van der Waals surface area contributed by atoms with Gasteiger partial charge in [0.1, 0.15) is 5.70 Å². The smallest absolute Gasteiger partial charge is 0.266 e. The Morgan fingerprint density at radius 1 is 1.29 bits per heavy atom. The van der Waals surface area contributed by atoms with E-state index in [2.05, 4.69) is 5.32 Å². The lowest BCUT2D eigenvalue weighted by molar-refractivity contribution is -0.425. The summed E-state index contributed by atoms with van der Waals surface area (Å²) >= 11 is 0. The molecule has 0 aromatic rings. The average Bonchev–Trinajstić information content (AvgIpc) is 2.56. The summed E-state index contributed by atoms with van der Waals surface area (Å²) in [6, 6.07) is 0.388. The van der Waals surface area contributed by atoms with Crippen molar-refractivity contribution in [2.24, 2.45) is 0 Å². The molecule has 4 nitrogen and oxygen atoms in total. The third-order valence-corrected chi connectivity index (χ3v) is 3.21. The van der Waals surface area contributed by atoms with Crippen LogP contribution in [0.15, 0.2) is 23.5 Å². The van der Waals surface area contributed by atoms with Gasteiger partial charge in [0.05, 0.1) is 4.92 Å². The van der Waals surface area contributed by atoms with Crippen molar-refractivity contribution in [1.82, 2.24) is 5.32 Å². The van der Waals surface area contributed by atoms with Crippen molar-refractivity contribution in [3.63, 3.8) is 0 Å². The third-order valence-electron chi connectivity index (χ3n) is 3.21. The maximum Gasteiger partial charge on any atom is 0.266 e. The second-order valence-corrected chi connectivity index (χ2v) is 4.59. The molecule has 0 spiro atoms. The van der Waals surface area contributed by atoms with E-state index in [0.29, 0.717) is 11.7 Å². The average molecular weight is 238 g/mol. The lowest BCUT2D eigenvalue weighted by atomic mass is 10.1. The highest BCUT2D eigenvalue weighted by molar-refractivity contribution is 5.19. The molecule has 1 fully saturated rings. The lowest BCUT2D eigenvalue weighted by Gasteiger charge is -2.17. The second-order valence-electron chi connectivity index (χ2n) is 4.59. The summed E-state index contributed by atoms with van der Waals surface area (Å²) in [6.45, 7) is 3.43. The summed E-state index contributed by atoms with van der Waals surface area (Å²) in [5.74, 6) is 0. The molecule has 0 unspecified atom stereocenters. The van der Waals surface area contributed by atoms with E-state index in [4.69, 9.17) is 0 Å². The quantitative estimate of drug-likeness (QED) is 0.353. The Hall–Kier alpha value is -1.32. The molecule has 4 heteroatoms. The molecule has 0 radical (unpaired) electrons.